The van der Waals surface area contributed by atoms with Crippen molar-refractivity contribution in [1.29, 1.82) is 0 Å². The van der Waals surface area contributed by atoms with Crippen LogP contribution in [0.15, 0.2) is 0 Å². The molecule has 2 amide bonds. The van der Waals surface area contributed by atoms with Crippen molar-refractivity contribution in [1.82, 2.24) is 19.6 Å². The van der Waals surface area contributed by atoms with Crippen molar-refractivity contribution in [3.8, 4) is 0 Å². The van der Waals surface area contributed by atoms with E-state index in [-0.39, 0.29) is 5.91 Å². The molecule has 3 saturated heterocycles. The summed E-state index contributed by atoms with van der Waals surface area (Å²) in [5.74, 6) is 1.26. The van der Waals surface area contributed by atoms with Gasteiger partial charge in [0.05, 0.1) is 26.3 Å². The van der Waals surface area contributed by atoms with Crippen molar-refractivity contribution >= 4 is 11.8 Å². The molecule has 158 valence electrons. The van der Waals surface area contributed by atoms with Crippen LogP contribution >= 0.6 is 0 Å². The summed E-state index contributed by atoms with van der Waals surface area (Å²) in [5, 5.41) is 0. The Balaban J connectivity index is 1.21. The van der Waals surface area contributed by atoms with E-state index in [0.717, 1.165) is 71.4 Å². The average Bonchev–Trinajstić information content (AvgIpc) is 2.74. The zero-order valence-corrected chi connectivity index (χ0v) is 17.2. The van der Waals surface area contributed by atoms with Gasteiger partial charge in [-0.25, -0.2) is 0 Å². The van der Waals surface area contributed by atoms with E-state index in [1.807, 2.05) is 4.90 Å². The number of hydrogen-bond donors (Lipinski definition) is 0. The van der Waals surface area contributed by atoms with Gasteiger partial charge in [-0.1, -0.05) is 12.8 Å². The summed E-state index contributed by atoms with van der Waals surface area (Å²) < 4.78 is 5.35. The lowest BCUT2D eigenvalue weighted by Gasteiger charge is -2.45. The smallest absolute Gasteiger partial charge is 0.237 e. The van der Waals surface area contributed by atoms with Crippen LogP contribution in [-0.4, -0.2) is 110 Å². The van der Waals surface area contributed by atoms with E-state index < -0.39 is 0 Å². The second kappa shape index (κ2) is 9.55. The van der Waals surface area contributed by atoms with Crippen LogP contribution in [0.2, 0.25) is 0 Å². The maximum absolute atomic E-state index is 13.0. The van der Waals surface area contributed by atoms with Crippen molar-refractivity contribution in [2.45, 2.75) is 44.6 Å². The molecular formula is C21H36N4O3. The Kier molecular flexibility index (Phi) is 6.86. The number of likely N-dealkylation sites (tertiary alicyclic amines) is 1. The minimum absolute atomic E-state index is 0.217. The van der Waals surface area contributed by atoms with Crippen LogP contribution in [0.4, 0.5) is 0 Å². The van der Waals surface area contributed by atoms with Crippen LogP contribution in [-0.2, 0) is 14.3 Å². The summed E-state index contributed by atoms with van der Waals surface area (Å²) in [4.78, 5) is 34.1. The van der Waals surface area contributed by atoms with Gasteiger partial charge in [-0.05, 0) is 31.6 Å². The fraction of sp³-hybridized carbons (Fsp3) is 0.905. The fourth-order valence-electron chi connectivity index (χ4n) is 5.42. The zero-order valence-electron chi connectivity index (χ0n) is 17.2. The monoisotopic (exact) mass is 392 g/mol. The van der Waals surface area contributed by atoms with Crippen LogP contribution in [0.1, 0.15) is 38.5 Å². The molecule has 2 unspecified atom stereocenters. The number of carbonyl (C=O) groups excluding carboxylic acids is 2. The van der Waals surface area contributed by atoms with E-state index in [2.05, 4.69) is 14.7 Å². The standard InChI is InChI=1S/C21H36N4O3/c26-20(16-23-12-14-28-15-13-23)24-10-8-22(9-11-24)17-21(27)25-7-3-5-18-4-1-2-6-19(18)25/h18-19H,1-17H2. The molecule has 0 aromatic heterocycles. The maximum Gasteiger partial charge on any atom is 0.237 e. The molecule has 28 heavy (non-hydrogen) atoms. The SMILES string of the molecule is O=C(CN1CCOCC1)N1CCN(CC(=O)N2CCCC3CCCCC32)CC1. The molecule has 1 aliphatic carbocycles. The molecule has 0 radical (unpaired) electrons. The Bertz CT molecular complexity index is 542. The van der Waals surface area contributed by atoms with E-state index in [4.69, 9.17) is 4.74 Å². The third-order valence-electron chi connectivity index (χ3n) is 7.11. The number of ether oxygens (including phenoxy) is 1. The van der Waals surface area contributed by atoms with Crippen LogP contribution in [0.5, 0.6) is 0 Å². The molecule has 3 heterocycles. The van der Waals surface area contributed by atoms with Crippen LogP contribution < -0.4 is 0 Å². The van der Waals surface area contributed by atoms with Crippen LogP contribution in [0.3, 0.4) is 0 Å². The summed E-state index contributed by atoms with van der Waals surface area (Å²) >= 11 is 0. The Morgan fingerprint density at radius 3 is 2.14 bits per heavy atom. The quantitative estimate of drug-likeness (QED) is 0.703. The van der Waals surface area contributed by atoms with E-state index >= 15 is 0 Å². The normalized spacial score (nSPS) is 30.1. The second-order valence-electron chi connectivity index (χ2n) is 8.89. The fourth-order valence-corrected chi connectivity index (χ4v) is 5.42. The van der Waals surface area contributed by atoms with Crippen molar-refractivity contribution in [2.24, 2.45) is 5.92 Å². The predicted octanol–water partition coefficient (Wildman–Crippen LogP) is 0.644. The van der Waals surface area contributed by atoms with Gasteiger partial charge in [0.25, 0.3) is 0 Å². The number of nitrogens with zero attached hydrogens (tertiary/aromatic N) is 4. The van der Waals surface area contributed by atoms with E-state index in [9.17, 15) is 9.59 Å². The van der Waals surface area contributed by atoms with Gasteiger partial charge in [0.1, 0.15) is 0 Å². The number of piperazine rings is 1. The molecule has 7 heteroatoms. The van der Waals surface area contributed by atoms with E-state index in [1.165, 1.54) is 32.1 Å². The first-order chi connectivity index (χ1) is 13.7. The summed E-state index contributed by atoms with van der Waals surface area (Å²) in [7, 11) is 0. The Hall–Kier alpha value is -1.18. The minimum Gasteiger partial charge on any atom is -0.379 e. The molecule has 4 rings (SSSR count). The third-order valence-corrected chi connectivity index (χ3v) is 7.11. The number of rotatable bonds is 4. The van der Waals surface area contributed by atoms with Crippen LogP contribution in [0, 0.1) is 5.92 Å². The largest absolute Gasteiger partial charge is 0.379 e. The van der Waals surface area contributed by atoms with Crippen LogP contribution in [0.25, 0.3) is 0 Å². The van der Waals surface area contributed by atoms with Gasteiger partial charge >= 0.3 is 0 Å². The molecule has 0 spiro atoms. The summed E-state index contributed by atoms with van der Waals surface area (Å²) in [6, 6.07) is 0.492. The lowest BCUT2D eigenvalue weighted by atomic mass is 9.78. The Labute approximate surface area is 168 Å². The van der Waals surface area contributed by atoms with E-state index in [0.29, 0.717) is 25.0 Å². The molecule has 4 fully saturated rings. The van der Waals surface area contributed by atoms with Gasteiger partial charge in [0.15, 0.2) is 0 Å². The molecule has 1 saturated carbocycles. The zero-order chi connectivity index (χ0) is 19.3. The highest BCUT2D eigenvalue weighted by Gasteiger charge is 2.36. The highest BCUT2D eigenvalue weighted by atomic mass is 16.5. The first-order valence-electron chi connectivity index (χ1n) is 11.3. The third kappa shape index (κ3) is 4.86. The maximum atomic E-state index is 13.0. The second-order valence-corrected chi connectivity index (χ2v) is 8.89. The molecule has 7 nitrogen and oxygen atoms in total. The summed E-state index contributed by atoms with van der Waals surface area (Å²) in [6.07, 6.45) is 7.58. The summed E-state index contributed by atoms with van der Waals surface area (Å²) in [5.41, 5.74) is 0. The average molecular weight is 393 g/mol. The van der Waals surface area contributed by atoms with Gasteiger partial charge in [0, 0.05) is 51.9 Å². The number of carbonyl (C=O) groups is 2. The lowest BCUT2D eigenvalue weighted by molar-refractivity contribution is -0.140. The molecule has 0 aromatic carbocycles. The molecule has 0 bridgehead atoms. The number of piperidine rings is 1. The molecular weight excluding hydrogens is 356 g/mol. The van der Waals surface area contributed by atoms with Gasteiger partial charge in [0.2, 0.25) is 11.8 Å². The Morgan fingerprint density at radius 1 is 0.714 bits per heavy atom. The first kappa shape index (κ1) is 20.1. The molecule has 0 N–H and O–H groups in total. The van der Waals surface area contributed by atoms with Gasteiger partial charge in [-0.3, -0.25) is 19.4 Å². The van der Waals surface area contributed by atoms with Crippen molar-refractivity contribution in [3.05, 3.63) is 0 Å². The van der Waals surface area contributed by atoms with Gasteiger partial charge < -0.3 is 14.5 Å². The van der Waals surface area contributed by atoms with Gasteiger partial charge in [-0.2, -0.15) is 0 Å². The molecule has 3 aliphatic heterocycles. The number of fused-ring (bicyclic) bond motifs is 1. The van der Waals surface area contributed by atoms with Crippen molar-refractivity contribution in [2.75, 3.05) is 72.1 Å². The van der Waals surface area contributed by atoms with Crippen molar-refractivity contribution in [3.63, 3.8) is 0 Å². The molecule has 2 atom stereocenters. The highest BCUT2D eigenvalue weighted by Crippen LogP contribution is 2.35. The number of amides is 2. The topological polar surface area (TPSA) is 56.3 Å². The van der Waals surface area contributed by atoms with Crippen molar-refractivity contribution < 1.29 is 14.3 Å². The molecule has 0 aromatic rings. The van der Waals surface area contributed by atoms with E-state index in [1.54, 1.807) is 0 Å². The number of hydrogen-bond acceptors (Lipinski definition) is 5. The lowest BCUT2D eigenvalue weighted by Crippen LogP contribution is -2.56. The highest BCUT2D eigenvalue weighted by molar-refractivity contribution is 5.79. The molecule has 4 aliphatic rings. The summed E-state index contributed by atoms with van der Waals surface area (Å²) in [6.45, 7) is 8.20. The Morgan fingerprint density at radius 2 is 1.36 bits per heavy atom. The minimum atomic E-state index is 0.217. The van der Waals surface area contributed by atoms with Gasteiger partial charge in [-0.15, -0.1) is 0 Å². The first-order valence-corrected chi connectivity index (χ1v) is 11.3. The number of morpholine rings is 1. The predicted molar refractivity (Wildman–Crippen MR) is 107 cm³/mol.